The van der Waals surface area contributed by atoms with E-state index in [0.29, 0.717) is 43.8 Å². The summed E-state index contributed by atoms with van der Waals surface area (Å²) in [5.74, 6) is 0.249. The summed E-state index contributed by atoms with van der Waals surface area (Å²) in [5.41, 5.74) is -0.0176. The van der Waals surface area contributed by atoms with Crippen LogP contribution in [0.15, 0.2) is 24.3 Å². The summed E-state index contributed by atoms with van der Waals surface area (Å²) in [6.07, 6.45) is 9.09. The molecule has 3 amide bonds. The van der Waals surface area contributed by atoms with Crippen molar-refractivity contribution in [3.8, 4) is 0 Å². The van der Waals surface area contributed by atoms with Crippen LogP contribution in [0.4, 0.5) is 4.39 Å². The Morgan fingerprint density at radius 2 is 1.59 bits per heavy atom. The fraction of sp³-hybridized carbons (Fsp3) is 0.743. The van der Waals surface area contributed by atoms with Gasteiger partial charge < -0.3 is 26.2 Å². The Balaban J connectivity index is 1.31. The van der Waals surface area contributed by atoms with E-state index in [9.17, 15) is 18.8 Å². The van der Waals surface area contributed by atoms with E-state index in [1.165, 1.54) is 18.6 Å². The fourth-order valence-electron chi connectivity index (χ4n) is 8.30. The second-order valence-electron chi connectivity index (χ2n) is 15.3. The average Bonchev–Trinajstić information content (AvgIpc) is 3.01. The minimum atomic E-state index is -0.776. The third kappa shape index (κ3) is 7.30. The molecule has 9 heteroatoms. The number of benzene rings is 1. The molecule has 5 atom stereocenters. The molecule has 2 bridgehead atoms. The summed E-state index contributed by atoms with van der Waals surface area (Å²) >= 11 is 0. The largest absolute Gasteiger partial charge is 0.351 e. The predicted octanol–water partition coefficient (Wildman–Crippen LogP) is 4.07. The zero-order valence-corrected chi connectivity index (χ0v) is 27.4. The van der Waals surface area contributed by atoms with Crippen LogP contribution >= 0.6 is 0 Å². The number of fused-ring (bicyclic) bond motifs is 3. The average molecular weight is 612 g/mol. The van der Waals surface area contributed by atoms with E-state index in [-0.39, 0.29) is 47.6 Å². The van der Waals surface area contributed by atoms with Crippen LogP contribution in [0.25, 0.3) is 0 Å². The van der Waals surface area contributed by atoms with Gasteiger partial charge in [-0.05, 0) is 88.8 Å². The minimum absolute atomic E-state index is 0.0152. The van der Waals surface area contributed by atoms with Gasteiger partial charge in [-0.15, -0.1) is 0 Å². The van der Waals surface area contributed by atoms with Crippen LogP contribution in [0, 0.1) is 23.1 Å². The van der Waals surface area contributed by atoms with Gasteiger partial charge in [-0.2, -0.15) is 0 Å². The third-order valence-electron chi connectivity index (χ3n) is 10.7. The lowest BCUT2D eigenvalue weighted by atomic mass is 9.63. The molecule has 1 aliphatic carbocycles. The highest BCUT2D eigenvalue weighted by Crippen LogP contribution is 2.46. The molecule has 1 aromatic rings. The van der Waals surface area contributed by atoms with Crippen molar-refractivity contribution < 1.29 is 18.8 Å². The van der Waals surface area contributed by atoms with Gasteiger partial charge in [0.15, 0.2) is 0 Å². The number of hydrogen-bond acceptors (Lipinski definition) is 5. The first-order chi connectivity index (χ1) is 20.9. The summed E-state index contributed by atoms with van der Waals surface area (Å²) in [4.78, 5) is 43.6. The van der Waals surface area contributed by atoms with Gasteiger partial charge in [0.1, 0.15) is 17.9 Å². The van der Waals surface area contributed by atoms with E-state index < -0.39 is 17.5 Å². The Labute approximate surface area is 263 Å². The zero-order chi connectivity index (χ0) is 31.6. The molecule has 4 aliphatic heterocycles. The van der Waals surface area contributed by atoms with Crippen molar-refractivity contribution >= 4 is 17.7 Å². The molecule has 44 heavy (non-hydrogen) atoms. The van der Waals surface area contributed by atoms with E-state index in [0.717, 1.165) is 44.1 Å². The summed E-state index contributed by atoms with van der Waals surface area (Å²) in [7, 11) is 0. The van der Waals surface area contributed by atoms with Crippen LogP contribution in [-0.2, 0) is 20.8 Å². The van der Waals surface area contributed by atoms with E-state index in [4.69, 9.17) is 0 Å². The number of piperazine rings is 1. The van der Waals surface area contributed by atoms with Crippen molar-refractivity contribution in [2.24, 2.45) is 17.3 Å². The molecule has 1 saturated carbocycles. The number of amides is 3. The normalized spacial score (nSPS) is 28.0. The highest BCUT2D eigenvalue weighted by atomic mass is 19.1. The molecule has 0 aromatic heterocycles. The van der Waals surface area contributed by atoms with Gasteiger partial charge >= 0.3 is 0 Å². The summed E-state index contributed by atoms with van der Waals surface area (Å²) < 4.78 is 13.7. The molecule has 8 nitrogen and oxygen atoms in total. The minimum Gasteiger partial charge on any atom is -0.351 e. The van der Waals surface area contributed by atoms with E-state index >= 15 is 0 Å². The van der Waals surface area contributed by atoms with Crippen LogP contribution in [0.2, 0.25) is 0 Å². The number of rotatable bonds is 8. The maximum Gasteiger partial charge on any atom is 0.245 e. The maximum atomic E-state index is 14.2. The Hall–Kier alpha value is -2.52. The maximum absolute atomic E-state index is 14.2. The Kier molecular flexibility index (Phi) is 10.0. The van der Waals surface area contributed by atoms with Crippen molar-refractivity contribution in [1.29, 1.82) is 0 Å². The topological polar surface area (TPSA) is 103 Å². The predicted molar refractivity (Wildman–Crippen MR) is 170 cm³/mol. The van der Waals surface area contributed by atoms with Crippen LogP contribution in [0.3, 0.4) is 0 Å². The number of hydrogen-bond donors (Lipinski definition) is 4. The summed E-state index contributed by atoms with van der Waals surface area (Å²) in [6, 6.07) is 5.51. The molecule has 1 aromatic carbocycles. The molecule has 5 fully saturated rings. The van der Waals surface area contributed by atoms with Crippen LogP contribution < -0.4 is 21.3 Å². The van der Waals surface area contributed by atoms with Crippen molar-refractivity contribution in [2.75, 3.05) is 13.1 Å². The molecule has 4 unspecified atom stereocenters. The first kappa shape index (κ1) is 32.9. The number of carbonyl (C=O) groups is 3. The SMILES string of the molecule is CC(C)C1NC2CCC1NC2C(=O)N[C@H](Cc1ccc(F)cc1)C(=O)N1CCC(C(=O)NC(C)(C)C)(C2CCCCC2)CC1. The second kappa shape index (κ2) is 13.5. The van der Waals surface area contributed by atoms with Crippen LogP contribution in [-0.4, -0.2) is 71.5 Å². The smallest absolute Gasteiger partial charge is 0.245 e. The number of nitrogens with one attached hydrogen (secondary N) is 4. The highest BCUT2D eigenvalue weighted by molar-refractivity contribution is 5.91. The molecule has 5 aliphatic rings. The number of nitrogens with zero attached hydrogens (tertiary/aromatic N) is 1. The number of piperidine rings is 3. The van der Waals surface area contributed by atoms with Crippen molar-refractivity contribution in [1.82, 2.24) is 26.2 Å². The van der Waals surface area contributed by atoms with Crippen LogP contribution in [0.5, 0.6) is 0 Å². The van der Waals surface area contributed by atoms with Gasteiger partial charge in [0.2, 0.25) is 17.7 Å². The van der Waals surface area contributed by atoms with Crippen molar-refractivity contribution in [3.05, 3.63) is 35.6 Å². The van der Waals surface area contributed by atoms with E-state index in [1.54, 1.807) is 12.1 Å². The number of likely N-dealkylation sites (tertiary alicyclic amines) is 1. The standard InChI is InChI=1S/C35H54FN5O3/c1-22(2)29-26-15-16-27(37-29)30(38-26)31(42)39-28(21-23-11-13-25(36)14-12-23)32(43)41-19-17-35(18-20-41,24-9-7-6-8-10-24)33(44)40-34(3,4)5/h11-14,22,24,26-30,37-38H,6-10,15-21H2,1-5H3,(H,39,42)(H,40,44)/t26?,27?,28-,29?,30?/m1/s1. The van der Waals surface area contributed by atoms with Gasteiger partial charge in [0, 0.05) is 43.2 Å². The van der Waals surface area contributed by atoms with Gasteiger partial charge in [0.25, 0.3) is 0 Å². The van der Waals surface area contributed by atoms with Gasteiger partial charge in [0.05, 0.1) is 5.41 Å². The second-order valence-corrected chi connectivity index (χ2v) is 15.3. The van der Waals surface area contributed by atoms with E-state index in [1.807, 2.05) is 25.7 Å². The zero-order valence-electron chi connectivity index (χ0n) is 27.4. The molecule has 4 saturated heterocycles. The lowest BCUT2D eigenvalue weighted by molar-refractivity contribution is -0.147. The Bertz CT molecular complexity index is 1170. The summed E-state index contributed by atoms with van der Waals surface area (Å²) in [6.45, 7) is 11.4. The van der Waals surface area contributed by atoms with Gasteiger partial charge in [-0.1, -0.05) is 45.2 Å². The number of halogens is 1. The Morgan fingerprint density at radius 1 is 0.955 bits per heavy atom. The molecule has 0 radical (unpaired) electrons. The van der Waals surface area contributed by atoms with E-state index in [2.05, 4.69) is 35.1 Å². The fourth-order valence-corrected chi connectivity index (χ4v) is 8.30. The first-order valence-corrected chi connectivity index (χ1v) is 17.0. The molecule has 4 N–H and O–H groups in total. The third-order valence-corrected chi connectivity index (χ3v) is 10.7. The molecule has 244 valence electrons. The monoisotopic (exact) mass is 611 g/mol. The first-order valence-electron chi connectivity index (χ1n) is 17.0. The summed E-state index contributed by atoms with van der Waals surface area (Å²) in [5, 5.41) is 13.6. The lowest BCUT2D eigenvalue weighted by Gasteiger charge is -2.50. The highest BCUT2D eigenvalue weighted by Gasteiger charge is 2.50. The number of carbonyl (C=O) groups excluding carboxylic acids is 3. The molecular weight excluding hydrogens is 557 g/mol. The Morgan fingerprint density at radius 3 is 2.16 bits per heavy atom. The quantitative estimate of drug-likeness (QED) is 0.355. The van der Waals surface area contributed by atoms with Crippen molar-refractivity contribution in [3.63, 3.8) is 0 Å². The van der Waals surface area contributed by atoms with Gasteiger partial charge in [-0.3, -0.25) is 14.4 Å². The molecule has 4 heterocycles. The molecule has 6 rings (SSSR count). The van der Waals surface area contributed by atoms with Crippen LogP contribution in [0.1, 0.15) is 98.0 Å². The molecular formula is C35H54FN5O3. The van der Waals surface area contributed by atoms with Crippen molar-refractivity contribution in [2.45, 2.75) is 135 Å². The lowest BCUT2D eigenvalue weighted by Crippen LogP contribution is -2.74. The molecule has 0 spiro atoms. The van der Waals surface area contributed by atoms with Gasteiger partial charge in [-0.25, -0.2) is 4.39 Å².